The Hall–Kier alpha value is -3.54. The number of hydrogen-bond donors (Lipinski definition) is 3. The van der Waals surface area contributed by atoms with Gasteiger partial charge >= 0.3 is 17.7 Å². The van der Waals surface area contributed by atoms with E-state index in [1.54, 1.807) is 29.7 Å². The lowest BCUT2D eigenvalue weighted by Gasteiger charge is -2.23. The third-order valence-corrected chi connectivity index (χ3v) is 6.85. The van der Waals surface area contributed by atoms with E-state index in [1.165, 1.54) is 4.57 Å². The number of nitrogen functional groups attached to an aromatic ring is 1. The molecular weight excluding hydrogens is 508 g/mol. The number of anilines is 1. The molecule has 1 aromatic carbocycles. The molecule has 1 amide bonds. The molecule has 12 heteroatoms. The number of aliphatic carboxylic acids is 1. The number of nitrogens with one attached hydrogen (secondary N) is 1. The smallest absolute Gasteiger partial charge is 0.327 e. The number of aromatic amines is 1. The van der Waals surface area contributed by atoms with Gasteiger partial charge in [-0.05, 0) is 37.1 Å². The SMILES string of the molecule is CCCCOc1nc(N)c2[nH]c(=O)n(CCCN(Cc3cccc(C(C)C(=O)O)c3)C(=O)CCSC)c2n1. The summed E-state index contributed by atoms with van der Waals surface area (Å²) >= 11 is 1.60. The number of ether oxygens (including phenoxy) is 1. The monoisotopic (exact) mass is 544 g/mol. The number of thioether (sulfide) groups is 1. The maximum absolute atomic E-state index is 13.0. The van der Waals surface area contributed by atoms with Crippen LogP contribution in [0.3, 0.4) is 0 Å². The number of carboxylic acid groups (broad SMARTS) is 1. The Labute approximate surface area is 225 Å². The summed E-state index contributed by atoms with van der Waals surface area (Å²) in [5.41, 5.74) is 7.94. The van der Waals surface area contributed by atoms with Crippen LogP contribution < -0.4 is 16.2 Å². The van der Waals surface area contributed by atoms with Gasteiger partial charge in [0.2, 0.25) is 5.91 Å². The van der Waals surface area contributed by atoms with Crippen molar-refractivity contribution in [2.24, 2.45) is 0 Å². The summed E-state index contributed by atoms with van der Waals surface area (Å²) in [5, 5.41) is 9.36. The molecule has 0 saturated heterocycles. The van der Waals surface area contributed by atoms with E-state index >= 15 is 0 Å². The minimum absolute atomic E-state index is 0.000453. The number of carboxylic acids is 1. The first-order chi connectivity index (χ1) is 18.2. The number of amides is 1. The largest absolute Gasteiger partial charge is 0.481 e. The van der Waals surface area contributed by atoms with Crippen molar-refractivity contribution in [3.63, 3.8) is 0 Å². The number of unbranched alkanes of at least 4 members (excludes halogenated alkanes) is 1. The van der Waals surface area contributed by atoms with Gasteiger partial charge in [0.05, 0.1) is 12.5 Å². The van der Waals surface area contributed by atoms with Gasteiger partial charge in [-0.25, -0.2) is 4.79 Å². The van der Waals surface area contributed by atoms with Gasteiger partial charge in [-0.1, -0.05) is 37.6 Å². The molecule has 0 radical (unpaired) electrons. The lowest BCUT2D eigenvalue weighted by atomic mass is 9.99. The first-order valence-electron chi connectivity index (χ1n) is 12.7. The van der Waals surface area contributed by atoms with Crippen molar-refractivity contribution in [1.82, 2.24) is 24.4 Å². The highest BCUT2D eigenvalue weighted by Crippen LogP contribution is 2.20. The number of carbonyl (C=O) groups is 2. The molecule has 3 aromatic rings. The number of carbonyl (C=O) groups excluding carboxylic acids is 1. The topological polar surface area (TPSA) is 156 Å². The number of benzene rings is 1. The van der Waals surface area contributed by atoms with Gasteiger partial charge in [0, 0.05) is 31.8 Å². The molecule has 0 spiro atoms. The number of hydrogen-bond acceptors (Lipinski definition) is 8. The van der Waals surface area contributed by atoms with Crippen LogP contribution in [-0.4, -0.2) is 66.6 Å². The van der Waals surface area contributed by atoms with E-state index in [-0.39, 0.29) is 23.4 Å². The first-order valence-corrected chi connectivity index (χ1v) is 14.1. The zero-order valence-electron chi connectivity index (χ0n) is 22.1. The van der Waals surface area contributed by atoms with Gasteiger partial charge < -0.3 is 25.5 Å². The van der Waals surface area contributed by atoms with Crippen molar-refractivity contribution in [2.45, 2.75) is 58.5 Å². The Morgan fingerprint density at radius 2 is 2.08 bits per heavy atom. The number of rotatable bonds is 15. The molecule has 1 atom stereocenters. The summed E-state index contributed by atoms with van der Waals surface area (Å²) in [6, 6.07) is 7.43. The molecular formula is C26H36N6O5S. The summed E-state index contributed by atoms with van der Waals surface area (Å²) in [4.78, 5) is 50.1. The zero-order chi connectivity index (χ0) is 27.7. The van der Waals surface area contributed by atoms with Crippen molar-refractivity contribution in [3.8, 4) is 6.01 Å². The van der Waals surface area contributed by atoms with E-state index in [9.17, 15) is 19.5 Å². The van der Waals surface area contributed by atoms with Crippen molar-refractivity contribution in [2.75, 3.05) is 30.9 Å². The molecule has 0 aliphatic rings. The van der Waals surface area contributed by atoms with Crippen LogP contribution >= 0.6 is 11.8 Å². The zero-order valence-corrected chi connectivity index (χ0v) is 22.9. The molecule has 0 fully saturated rings. The number of aryl methyl sites for hydroxylation is 1. The van der Waals surface area contributed by atoms with E-state index in [1.807, 2.05) is 31.4 Å². The molecule has 206 valence electrons. The molecule has 38 heavy (non-hydrogen) atoms. The van der Waals surface area contributed by atoms with E-state index in [0.29, 0.717) is 61.6 Å². The van der Waals surface area contributed by atoms with Gasteiger partial charge in [0.1, 0.15) is 5.52 Å². The fourth-order valence-electron chi connectivity index (χ4n) is 3.99. The Bertz CT molecular complexity index is 1310. The second-order valence-electron chi connectivity index (χ2n) is 9.09. The summed E-state index contributed by atoms with van der Waals surface area (Å²) < 4.78 is 7.08. The van der Waals surface area contributed by atoms with E-state index < -0.39 is 11.9 Å². The average Bonchev–Trinajstić information content (AvgIpc) is 3.22. The maximum atomic E-state index is 13.0. The molecule has 0 bridgehead atoms. The lowest BCUT2D eigenvalue weighted by Crippen LogP contribution is -2.33. The summed E-state index contributed by atoms with van der Waals surface area (Å²) in [6.07, 6.45) is 4.65. The van der Waals surface area contributed by atoms with Gasteiger partial charge in [0.15, 0.2) is 11.5 Å². The number of nitrogens with two attached hydrogens (primary N) is 1. The van der Waals surface area contributed by atoms with Crippen LogP contribution in [0.25, 0.3) is 11.2 Å². The van der Waals surface area contributed by atoms with Gasteiger partial charge in [-0.3, -0.25) is 14.2 Å². The van der Waals surface area contributed by atoms with E-state index in [2.05, 4.69) is 15.0 Å². The Morgan fingerprint density at radius 1 is 1.29 bits per heavy atom. The number of fused-ring (bicyclic) bond motifs is 1. The van der Waals surface area contributed by atoms with Crippen molar-refractivity contribution >= 4 is 40.6 Å². The minimum atomic E-state index is -0.900. The summed E-state index contributed by atoms with van der Waals surface area (Å²) in [7, 11) is 0. The molecule has 0 saturated carbocycles. The number of imidazole rings is 1. The Balaban J connectivity index is 1.76. The lowest BCUT2D eigenvalue weighted by molar-refractivity contribution is -0.138. The fourth-order valence-corrected chi connectivity index (χ4v) is 4.37. The van der Waals surface area contributed by atoms with Crippen molar-refractivity contribution < 1.29 is 19.4 Å². The van der Waals surface area contributed by atoms with Crippen LogP contribution in [-0.2, 0) is 22.7 Å². The van der Waals surface area contributed by atoms with Gasteiger partial charge in [-0.2, -0.15) is 21.7 Å². The predicted octanol–water partition coefficient (Wildman–Crippen LogP) is 3.24. The van der Waals surface area contributed by atoms with Crippen LogP contribution in [0.5, 0.6) is 6.01 Å². The average molecular weight is 545 g/mol. The standard InChI is InChI=1S/C26H36N6O5S/c1-4-5-13-37-25-29-22(27)21-23(30-25)32(26(36)28-21)12-7-11-31(20(33)10-14-38-3)16-18-8-6-9-19(15-18)17(2)24(34)35/h6,8-9,15,17H,4-5,7,10-14,16H2,1-3H3,(H,28,36)(H,34,35)(H2,27,29,30). The molecule has 1 unspecified atom stereocenters. The molecule has 4 N–H and O–H groups in total. The fraction of sp³-hybridized carbons (Fsp3) is 0.500. The number of H-pyrrole nitrogens is 1. The Morgan fingerprint density at radius 3 is 2.79 bits per heavy atom. The van der Waals surface area contributed by atoms with Crippen LogP contribution in [0, 0.1) is 0 Å². The Kier molecular flexibility index (Phi) is 10.6. The second kappa shape index (κ2) is 13.8. The van der Waals surface area contributed by atoms with Crippen molar-refractivity contribution in [3.05, 3.63) is 45.9 Å². The molecule has 3 rings (SSSR count). The molecule has 2 aromatic heterocycles. The highest BCUT2D eigenvalue weighted by Gasteiger charge is 2.18. The third-order valence-electron chi connectivity index (χ3n) is 6.24. The number of nitrogens with zero attached hydrogens (tertiary/aromatic N) is 4. The molecule has 11 nitrogen and oxygen atoms in total. The van der Waals surface area contributed by atoms with E-state index in [4.69, 9.17) is 10.5 Å². The van der Waals surface area contributed by atoms with E-state index in [0.717, 1.165) is 18.4 Å². The van der Waals surface area contributed by atoms with Gasteiger partial charge in [-0.15, -0.1) is 0 Å². The molecule has 2 heterocycles. The van der Waals surface area contributed by atoms with Crippen LogP contribution in [0.15, 0.2) is 29.1 Å². The quantitative estimate of drug-likeness (QED) is 0.244. The summed E-state index contributed by atoms with van der Waals surface area (Å²) in [6.45, 7) is 5.21. The second-order valence-corrected chi connectivity index (χ2v) is 10.1. The number of aromatic nitrogens is 4. The highest BCUT2D eigenvalue weighted by atomic mass is 32.2. The van der Waals surface area contributed by atoms with Gasteiger partial charge in [0.25, 0.3) is 0 Å². The summed E-state index contributed by atoms with van der Waals surface area (Å²) in [5.74, 6) is -0.705. The predicted molar refractivity (Wildman–Crippen MR) is 148 cm³/mol. The third kappa shape index (κ3) is 7.50. The van der Waals surface area contributed by atoms with Crippen LogP contribution in [0.4, 0.5) is 5.82 Å². The minimum Gasteiger partial charge on any atom is -0.481 e. The first kappa shape index (κ1) is 29.0. The van der Waals surface area contributed by atoms with Crippen LogP contribution in [0.2, 0.25) is 0 Å². The molecule has 0 aliphatic heterocycles. The maximum Gasteiger partial charge on any atom is 0.327 e. The van der Waals surface area contributed by atoms with Crippen LogP contribution in [0.1, 0.15) is 56.6 Å². The van der Waals surface area contributed by atoms with Crippen molar-refractivity contribution in [1.29, 1.82) is 0 Å². The normalized spacial score (nSPS) is 12.0. The highest BCUT2D eigenvalue weighted by molar-refractivity contribution is 7.98. The molecule has 0 aliphatic carbocycles.